The van der Waals surface area contributed by atoms with E-state index >= 15 is 0 Å². The van der Waals surface area contributed by atoms with Crippen molar-refractivity contribution in [2.24, 2.45) is 11.8 Å². The van der Waals surface area contributed by atoms with Crippen LogP contribution in [-0.2, 0) is 21.0 Å². The summed E-state index contributed by atoms with van der Waals surface area (Å²) in [6.45, 7) is 1.30. The van der Waals surface area contributed by atoms with Crippen molar-refractivity contribution in [3.8, 4) is 11.5 Å². The molecule has 0 heterocycles. The number of hydrogen-bond acceptors (Lipinski definition) is 10. The van der Waals surface area contributed by atoms with E-state index in [0.717, 1.165) is 0 Å². The number of nitrogens with zero attached hydrogens (tertiary/aromatic N) is 1. The van der Waals surface area contributed by atoms with Crippen LogP contribution >= 0.6 is 11.6 Å². The minimum absolute atomic E-state index is 0.0136. The van der Waals surface area contributed by atoms with Gasteiger partial charge in [0.15, 0.2) is 0 Å². The molecule has 3 rings (SSSR count). The third-order valence-corrected chi connectivity index (χ3v) is 7.48. The van der Waals surface area contributed by atoms with Crippen LogP contribution in [0.1, 0.15) is 44.6 Å². The van der Waals surface area contributed by atoms with Crippen molar-refractivity contribution in [3.63, 3.8) is 0 Å². The zero-order chi connectivity index (χ0) is 32.8. The second kappa shape index (κ2) is 18.1. The topological polar surface area (TPSA) is 178 Å². The zero-order valence-corrected chi connectivity index (χ0v) is 25.6. The number of nitrogens with one attached hydrogen (secondary N) is 1. The van der Waals surface area contributed by atoms with Gasteiger partial charge >= 0.3 is 5.97 Å². The lowest BCUT2D eigenvalue weighted by Crippen LogP contribution is -2.40. The highest BCUT2D eigenvalue weighted by Gasteiger charge is 2.39. The molecule has 244 valence electrons. The van der Waals surface area contributed by atoms with E-state index < -0.39 is 35.4 Å². The summed E-state index contributed by atoms with van der Waals surface area (Å²) in [6.07, 6.45) is 6.89. The van der Waals surface area contributed by atoms with Crippen LogP contribution in [0, 0.1) is 22.0 Å². The monoisotopic (exact) mass is 646 g/mol. The van der Waals surface area contributed by atoms with Crippen LogP contribution < -0.4 is 14.8 Å². The SMILES string of the molecule is CC(NC(=O)CCC/C=C\C[C@@H]1[C@@H](/C=C/[C@@H](O)COc2cccc(Cl)c2)[C@H](O)C[C@@H]1O)C(=O)Oc1ccc(CO[N+](=O)[O-])cc1. The molecule has 0 aromatic heterocycles. The summed E-state index contributed by atoms with van der Waals surface area (Å²) in [5.41, 5.74) is 0.530. The van der Waals surface area contributed by atoms with Crippen LogP contribution in [0.4, 0.5) is 0 Å². The molecule has 2 aromatic carbocycles. The molecule has 2 aromatic rings. The van der Waals surface area contributed by atoms with E-state index in [0.29, 0.717) is 35.6 Å². The van der Waals surface area contributed by atoms with E-state index in [1.807, 2.05) is 12.2 Å². The second-order valence-corrected chi connectivity index (χ2v) is 11.2. The summed E-state index contributed by atoms with van der Waals surface area (Å²) in [4.78, 5) is 39.2. The molecule has 1 fully saturated rings. The number of rotatable bonds is 17. The van der Waals surface area contributed by atoms with Crippen molar-refractivity contribution >= 4 is 23.5 Å². The molecular weight excluding hydrogens is 608 g/mol. The molecule has 6 atom stereocenters. The summed E-state index contributed by atoms with van der Waals surface area (Å²) in [5.74, 6) is -0.759. The van der Waals surface area contributed by atoms with E-state index in [2.05, 4.69) is 10.2 Å². The first-order chi connectivity index (χ1) is 21.5. The number of carbonyl (C=O) groups excluding carboxylic acids is 2. The molecule has 1 unspecified atom stereocenters. The molecule has 13 heteroatoms. The fourth-order valence-electron chi connectivity index (χ4n) is 4.87. The first kappa shape index (κ1) is 35.5. The predicted octanol–water partition coefficient (Wildman–Crippen LogP) is 3.93. The van der Waals surface area contributed by atoms with Gasteiger partial charge in [0.05, 0.1) is 12.2 Å². The van der Waals surface area contributed by atoms with Crippen molar-refractivity contribution in [1.29, 1.82) is 0 Å². The molecule has 1 aliphatic carbocycles. The lowest BCUT2D eigenvalue weighted by molar-refractivity contribution is -0.763. The third-order valence-electron chi connectivity index (χ3n) is 7.25. The maximum absolute atomic E-state index is 12.3. The molecule has 0 spiro atoms. The minimum Gasteiger partial charge on any atom is -0.491 e. The van der Waals surface area contributed by atoms with E-state index in [-0.39, 0.29) is 49.5 Å². The van der Waals surface area contributed by atoms with Gasteiger partial charge in [0.1, 0.15) is 36.9 Å². The Labute approximate surface area is 266 Å². The number of allylic oxidation sites excluding steroid dienone is 2. The van der Waals surface area contributed by atoms with Gasteiger partial charge in [0, 0.05) is 23.8 Å². The van der Waals surface area contributed by atoms with Gasteiger partial charge in [-0.3, -0.25) is 4.79 Å². The predicted molar refractivity (Wildman–Crippen MR) is 165 cm³/mol. The molecule has 0 radical (unpaired) electrons. The van der Waals surface area contributed by atoms with Gasteiger partial charge in [0.2, 0.25) is 5.91 Å². The molecule has 1 aliphatic rings. The Balaban J connectivity index is 1.35. The zero-order valence-electron chi connectivity index (χ0n) is 24.9. The summed E-state index contributed by atoms with van der Waals surface area (Å²) in [5, 5.41) is 43.8. The van der Waals surface area contributed by atoms with Gasteiger partial charge in [0.25, 0.3) is 5.09 Å². The van der Waals surface area contributed by atoms with Crippen molar-refractivity contribution in [2.75, 3.05) is 6.61 Å². The van der Waals surface area contributed by atoms with E-state index in [1.54, 1.807) is 36.4 Å². The summed E-state index contributed by atoms with van der Waals surface area (Å²) < 4.78 is 10.8. The normalized spacial score (nSPS) is 21.0. The number of esters is 1. The molecule has 1 saturated carbocycles. The smallest absolute Gasteiger partial charge is 0.333 e. The highest BCUT2D eigenvalue weighted by Crippen LogP contribution is 2.36. The van der Waals surface area contributed by atoms with Gasteiger partial charge in [-0.25, -0.2) is 4.79 Å². The summed E-state index contributed by atoms with van der Waals surface area (Å²) >= 11 is 5.94. The maximum Gasteiger partial charge on any atom is 0.333 e. The Bertz CT molecular complexity index is 1320. The Kier molecular flexibility index (Phi) is 14.3. The Morgan fingerprint density at radius 2 is 1.89 bits per heavy atom. The lowest BCUT2D eigenvalue weighted by Gasteiger charge is -2.19. The Hall–Kier alpha value is -3.97. The number of carbonyl (C=O) groups is 2. The summed E-state index contributed by atoms with van der Waals surface area (Å²) in [7, 11) is 0. The van der Waals surface area contributed by atoms with Crippen molar-refractivity contribution in [2.45, 2.75) is 70.0 Å². The van der Waals surface area contributed by atoms with Crippen LogP contribution in [-0.4, -0.2) is 63.2 Å². The number of benzene rings is 2. The van der Waals surface area contributed by atoms with Crippen LogP contribution in [0.15, 0.2) is 72.8 Å². The first-order valence-corrected chi connectivity index (χ1v) is 15.0. The molecule has 0 saturated heterocycles. The maximum atomic E-state index is 12.3. The lowest BCUT2D eigenvalue weighted by atomic mass is 9.89. The Morgan fingerprint density at radius 3 is 2.60 bits per heavy atom. The van der Waals surface area contributed by atoms with Gasteiger partial charge in [-0.05, 0) is 68.0 Å². The Morgan fingerprint density at radius 1 is 1.13 bits per heavy atom. The number of amides is 1. The fraction of sp³-hybridized carbons (Fsp3) is 0.438. The molecule has 4 N–H and O–H groups in total. The van der Waals surface area contributed by atoms with Crippen LogP contribution in [0.3, 0.4) is 0 Å². The largest absolute Gasteiger partial charge is 0.491 e. The second-order valence-electron chi connectivity index (χ2n) is 10.8. The highest BCUT2D eigenvalue weighted by atomic mass is 35.5. The summed E-state index contributed by atoms with van der Waals surface area (Å²) in [6, 6.07) is 12.0. The van der Waals surface area contributed by atoms with Gasteiger partial charge in [-0.2, -0.15) is 0 Å². The van der Waals surface area contributed by atoms with Crippen molar-refractivity contribution in [3.05, 3.63) is 93.5 Å². The van der Waals surface area contributed by atoms with Crippen LogP contribution in [0.25, 0.3) is 0 Å². The molecule has 45 heavy (non-hydrogen) atoms. The molecule has 1 amide bonds. The molecular formula is C32H39ClN2O10. The van der Waals surface area contributed by atoms with E-state index in [9.17, 15) is 35.0 Å². The van der Waals surface area contributed by atoms with Gasteiger partial charge in [-0.15, -0.1) is 10.1 Å². The van der Waals surface area contributed by atoms with Gasteiger partial charge < -0.3 is 34.9 Å². The number of hydrogen-bond donors (Lipinski definition) is 4. The standard InChI is InChI=1S/C32H39ClN2O10/c1-21(32(40)45-25-14-11-22(12-15-25)19-44-35(41)42)34-31(39)10-5-3-2-4-9-27-28(30(38)18-29(27)37)16-13-24(36)20-43-26-8-6-7-23(33)17-26/h2,4,6-8,11-17,21,24,27-30,36-38H,3,5,9-10,18-20H2,1H3,(H,34,39)/b4-2-,16-13+/t21?,24-,27-,28-,29+,30-/m1/s1. The van der Waals surface area contributed by atoms with Crippen molar-refractivity contribution in [1.82, 2.24) is 5.32 Å². The van der Waals surface area contributed by atoms with E-state index in [1.165, 1.54) is 31.2 Å². The fourth-order valence-corrected chi connectivity index (χ4v) is 5.05. The number of ether oxygens (including phenoxy) is 2. The molecule has 0 aliphatic heterocycles. The minimum atomic E-state index is -0.905. The molecule has 12 nitrogen and oxygen atoms in total. The van der Waals surface area contributed by atoms with Gasteiger partial charge in [-0.1, -0.05) is 54.1 Å². The first-order valence-electron chi connectivity index (χ1n) is 14.6. The van der Waals surface area contributed by atoms with Crippen molar-refractivity contribution < 1.29 is 44.3 Å². The highest BCUT2D eigenvalue weighted by molar-refractivity contribution is 6.30. The third kappa shape index (κ3) is 12.5. The average molecular weight is 647 g/mol. The van der Waals surface area contributed by atoms with E-state index in [4.69, 9.17) is 21.1 Å². The molecule has 0 bridgehead atoms. The van der Waals surface area contributed by atoms with Crippen LogP contribution in [0.5, 0.6) is 11.5 Å². The number of halogens is 1. The quantitative estimate of drug-likeness (QED) is 0.0492. The number of aliphatic hydroxyl groups excluding tert-OH is 3. The van der Waals surface area contributed by atoms with Crippen LogP contribution in [0.2, 0.25) is 5.02 Å². The number of aliphatic hydroxyl groups is 3. The average Bonchev–Trinajstić information content (AvgIpc) is 3.27. The number of unbranched alkanes of at least 4 members (excludes halogenated alkanes) is 1.